The van der Waals surface area contributed by atoms with E-state index in [1.54, 1.807) is 24.3 Å². The smallest absolute Gasteiger partial charge is 0.338 e. The third-order valence-corrected chi connectivity index (χ3v) is 6.41. The lowest BCUT2D eigenvalue weighted by molar-refractivity contribution is -0.124. The van der Waals surface area contributed by atoms with Gasteiger partial charge >= 0.3 is 5.97 Å². The topological polar surface area (TPSA) is 111 Å². The first kappa shape index (κ1) is 24.8. The van der Waals surface area contributed by atoms with Crippen molar-refractivity contribution in [3.63, 3.8) is 0 Å². The van der Waals surface area contributed by atoms with Gasteiger partial charge in [-0.15, -0.1) is 0 Å². The largest absolute Gasteiger partial charge is 0.495 e. The molecule has 3 aromatic carbocycles. The zero-order valence-corrected chi connectivity index (χ0v) is 19.9. The number of sulfonamides is 1. The molecule has 1 atom stereocenters. The van der Waals surface area contributed by atoms with E-state index in [2.05, 4.69) is 10.0 Å². The molecule has 34 heavy (non-hydrogen) atoms. The number of benzene rings is 3. The van der Waals surface area contributed by atoms with Gasteiger partial charge in [0.1, 0.15) is 10.6 Å². The summed E-state index contributed by atoms with van der Waals surface area (Å²) in [5, 5.41) is 2.75. The summed E-state index contributed by atoms with van der Waals surface area (Å²) < 4.78 is 38.6. The Labute approximate surface area is 199 Å². The number of carbonyl (C=O) groups excluding carboxylic acids is 2. The number of esters is 1. The first-order valence-corrected chi connectivity index (χ1v) is 12.0. The minimum absolute atomic E-state index is 0.0333. The maximum atomic E-state index is 13.0. The molecule has 0 bridgehead atoms. The Hall–Kier alpha value is -3.85. The summed E-state index contributed by atoms with van der Waals surface area (Å²) in [6.45, 7) is 3.20. The van der Waals surface area contributed by atoms with Crippen LogP contribution in [0.25, 0.3) is 0 Å². The summed E-state index contributed by atoms with van der Waals surface area (Å²) in [5.41, 5.74) is 2.22. The zero-order valence-electron chi connectivity index (χ0n) is 19.1. The third kappa shape index (κ3) is 6.35. The summed E-state index contributed by atoms with van der Waals surface area (Å²) >= 11 is 0. The average Bonchev–Trinajstić information content (AvgIpc) is 2.84. The van der Waals surface area contributed by atoms with Crippen molar-refractivity contribution in [3.05, 3.63) is 89.5 Å². The van der Waals surface area contributed by atoms with E-state index in [0.29, 0.717) is 5.69 Å². The van der Waals surface area contributed by atoms with Crippen molar-refractivity contribution in [2.45, 2.75) is 24.8 Å². The van der Waals surface area contributed by atoms with E-state index >= 15 is 0 Å². The molecule has 0 saturated heterocycles. The zero-order chi connectivity index (χ0) is 24.7. The first-order chi connectivity index (χ1) is 16.2. The van der Waals surface area contributed by atoms with Crippen LogP contribution in [0.3, 0.4) is 0 Å². The van der Waals surface area contributed by atoms with Crippen LogP contribution < -0.4 is 14.8 Å². The van der Waals surface area contributed by atoms with Gasteiger partial charge in [-0.3, -0.25) is 9.52 Å². The van der Waals surface area contributed by atoms with E-state index in [-0.39, 0.29) is 22.3 Å². The Morgan fingerprint density at radius 1 is 0.971 bits per heavy atom. The summed E-state index contributed by atoms with van der Waals surface area (Å²) in [6, 6.07) is 19.8. The van der Waals surface area contributed by atoms with E-state index in [0.717, 1.165) is 17.2 Å². The number of aryl methyl sites for hydroxylation is 1. The maximum Gasteiger partial charge on any atom is 0.338 e. The predicted octanol–water partition coefficient (Wildman–Crippen LogP) is 3.84. The summed E-state index contributed by atoms with van der Waals surface area (Å²) in [5.74, 6) is -1.25. The van der Waals surface area contributed by atoms with Crippen LogP contribution in [-0.4, -0.2) is 34.0 Å². The average molecular weight is 483 g/mol. The van der Waals surface area contributed by atoms with Gasteiger partial charge in [-0.2, -0.15) is 0 Å². The highest BCUT2D eigenvalue weighted by molar-refractivity contribution is 7.92. The number of rotatable bonds is 9. The maximum absolute atomic E-state index is 13.0. The van der Waals surface area contributed by atoms with Gasteiger partial charge in [0.2, 0.25) is 0 Å². The van der Waals surface area contributed by atoms with Crippen LogP contribution in [0.2, 0.25) is 0 Å². The highest BCUT2D eigenvalue weighted by Crippen LogP contribution is 2.27. The van der Waals surface area contributed by atoms with E-state index in [4.69, 9.17) is 9.47 Å². The number of nitrogens with one attached hydrogen (secondary N) is 2. The van der Waals surface area contributed by atoms with Crippen molar-refractivity contribution in [1.29, 1.82) is 0 Å². The molecule has 0 spiro atoms. The van der Waals surface area contributed by atoms with E-state index in [1.165, 1.54) is 19.2 Å². The van der Waals surface area contributed by atoms with Gasteiger partial charge in [-0.25, -0.2) is 13.2 Å². The fourth-order valence-corrected chi connectivity index (χ4v) is 4.42. The van der Waals surface area contributed by atoms with E-state index < -0.39 is 28.5 Å². The van der Waals surface area contributed by atoms with Crippen molar-refractivity contribution in [2.24, 2.45) is 0 Å². The van der Waals surface area contributed by atoms with Crippen LogP contribution in [0.4, 0.5) is 5.69 Å². The third-order valence-electron chi connectivity index (χ3n) is 5.00. The normalized spacial score (nSPS) is 11.9. The SMILES string of the molecule is COc1ccc(C(=O)OCC(=O)N[C@H](C)c2ccccc2)cc1S(=O)(=O)Nc1ccc(C)cc1. The van der Waals surface area contributed by atoms with Gasteiger partial charge in [0.25, 0.3) is 15.9 Å². The lowest BCUT2D eigenvalue weighted by atomic mass is 10.1. The van der Waals surface area contributed by atoms with Gasteiger partial charge < -0.3 is 14.8 Å². The van der Waals surface area contributed by atoms with Crippen molar-refractivity contribution in [2.75, 3.05) is 18.4 Å². The van der Waals surface area contributed by atoms with Crippen molar-refractivity contribution in [1.82, 2.24) is 5.32 Å². The van der Waals surface area contributed by atoms with Crippen LogP contribution in [0.1, 0.15) is 34.5 Å². The summed E-state index contributed by atoms with van der Waals surface area (Å²) in [7, 11) is -2.74. The number of methoxy groups -OCH3 is 1. The Morgan fingerprint density at radius 3 is 2.29 bits per heavy atom. The molecule has 3 rings (SSSR count). The van der Waals surface area contributed by atoms with Crippen LogP contribution in [0, 0.1) is 6.92 Å². The second-order valence-corrected chi connectivity index (χ2v) is 9.26. The molecule has 0 aliphatic carbocycles. The number of anilines is 1. The molecule has 3 aromatic rings. The van der Waals surface area contributed by atoms with Crippen molar-refractivity contribution in [3.8, 4) is 5.75 Å². The number of amides is 1. The molecule has 0 radical (unpaired) electrons. The van der Waals surface area contributed by atoms with Gasteiger partial charge in [0.05, 0.1) is 18.7 Å². The fraction of sp³-hybridized carbons (Fsp3) is 0.200. The molecule has 2 N–H and O–H groups in total. The molecule has 0 saturated carbocycles. The highest BCUT2D eigenvalue weighted by Gasteiger charge is 2.23. The minimum Gasteiger partial charge on any atom is -0.495 e. The Bertz CT molecular complexity index is 1260. The highest BCUT2D eigenvalue weighted by atomic mass is 32.2. The van der Waals surface area contributed by atoms with Gasteiger partial charge in [-0.1, -0.05) is 48.0 Å². The Balaban J connectivity index is 1.69. The molecule has 0 unspecified atom stereocenters. The van der Waals surface area contributed by atoms with Crippen molar-refractivity contribution < 1.29 is 27.5 Å². The second kappa shape index (κ2) is 10.8. The predicted molar refractivity (Wildman–Crippen MR) is 128 cm³/mol. The lowest BCUT2D eigenvalue weighted by Crippen LogP contribution is -2.31. The summed E-state index contributed by atoms with van der Waals surface area (Å²) in [6.07, 6.45) is 0. The van der Waals surface area contributed by atoms with Crippen molar-refractivity contribution >= 4 is 27.6 Å². The molecular weight excluding hydrogens is 456 g/mol. The van der Waals surface area contributed by atoms with Crippen LogP contribution in [-0.2, 0) is 19.6 Å². The minimum atomic E-state index is -4.06. The molecular formula is C25H26N2O6S. The standard InChI is InChI=1S/C25H26N2O6S/c1-17-9-12-21(13-10-17)27-34(30,31)23-15-20(11-14-22(23)32-3)25(29)33-16-24(28)26-18(2)19-7-5-4-6-8-19/h4-15,18,27H,16H2,1-3H3,(H,26,28)/t18-/m1/s1. The molecule has 0 aromatic heterocycles. The van der Waals surface area contributed by atoms with Crippen LogP contribution in [0.15, 0.2) is 77.7 Å². The number of ether oxygens (including phenoxy) is 2. The monoisotopic (exact) mass is 482 g/mol. The number of carbonyl (C=O) groups is 2. The number of hydrogen-bond donors (Lipinski definition) is 2. The first-order valence-electron chi connectivity index (χ1n) is 10.5. The Morgan fingerprint density at radius 2 is 1.65 bits per heavy atom. The van der Waals surface area contributed by atoms with Gasteiger partial charge in [0.15, 0.2) is 6.61 Å². The van der Waals surface area contributed by atoms with E-state index in [1.807, 2.05) is 44.2 Å². The van der Waals surface area contributed by atoms with Gasteiger partial charge in [-0.05, 0) is 49.7 Å². The van der Waals surface area contributed by atoms with Crippen LogP contribution in [0.5, 0.6) is 5.75 Å². The quantitative estimate of drug-likeness (QED) is 0.449. The molecule has 178 valence electrons. The molecule has 1 amide bonds. The molecule has 0 fully saturated rings. The fourth-order valence-electron chi connectivity index (χ4n) is 3.17. The molecule has 8 nitrogen and oxygen atoms in total. The Kier molecular flexibility index (Phi) is 7.91. The lowest BCUT2D eigenvalue weighted by Gasteiger charge is -2.15. The molecule has 0 aliphatic heterocycles. The van der Waals surface area contributed by atoms with Crippen LogP contribution >= 0.6 is 0 Å². The second-order valence-electron chi connectivity index (χ2n) is 7.61. The molecule has 0 aliphatic rings. The summed E-state index contributed by atoms with van der Waals surface area (Å²) in [4.78, 5) is 24.5. The molecule has 0 heterocycles. The number of hydrogen-bond acceptors (Lipinski definition) is 6. The van der Waals surface area contributed by atoms with Gasteiger partial charge in [0, 0.05) is 5.69 Å². The van der Waals surface area contributed by atoms with E-state index in [9.17, 15) is 18.0 Å². The molecule has 9 heteroatoms.